The molecule has 152 valence electrons. The molecule has 2 bridgehead atoms. The van der Waals surface area contributed by atoms with Gasteiger partial charge in [0.15, 0.2) is 5.78 Å². The average Bonchev–Trinajstić information content (AvgIpc) is 3.31. The molecule has 4 aliphatic rings. The Kier molecular flexibility index (Phi) is 3.31. The zero-order chi connectivity index (χ0) is 20.7. The van der Waals surface area contributed by atoms with Crippen LogP contribution in [0.15, 0.2) is 97.1 Å². The molecule has 3 aromatic carbocycles. The van der Waals surface area contributed by atoms with Gasteiger partial charge in [0.1, 0.15) is 11.2 Å². The van der Waals surface area contributed by atoms with Crippen LogP contribution >= 0.6 is 0 Å². The van der Waals surface area contributed by atoms with Crippen LogP contribution in [0.4, 0.5) is 0 Å². The van der Waals surface area contributed by atoms with Gasteiger partial charge in [0.05, 0.1) is 18.1 Å². The number of rotatable bonds is 2. The van der Waals surface area contributed by atoms with Crippen LogP contribution in [0.25, 0.3) is 0 Å². The highest BCUT2D eigenvalue weighted by molar-refractivity contribution is 5.96. The molecule has 1 aliphatic carbocycles. The molecule has 0 saturated carbocycles. The Bertz CT molecular complexity index is 1230. The third kappa shape index (κ3) is 1.91. The van der Waals surface area contributed by atoms with Gasteiger partial charge in [-0.2, -0.15) is 0 Å². The van der Waals surface area contributed by atoms with Gasteiger partial charge < -0.3 is 9.47 Å². The highest BCUT2D eigenvalue weighted by Crippen LogP contribution is 2.73. The van der Waals surface area contributed by atoms with Gasteiger partial charge in [-0.15, -0.1) is 0 Å². The molecule has 3 heterocycles. The highest BCUT2D eigenvalue weighted by atomic mass is 16.6. The maximum absolute atomic E-state index is 13.6. The molecule has 31 heavy (non-hydrogen) atoms. The minimum Gasteiger partial charge on any atom is -0.370 e. The van der Waals surface area contributed by atoms with Crippen molar-refractivity contribution in [3.8, 4) is 0 Å². The molecule has 0 radical (unpaired) electrons. The first-order chi connectivity index (χ1) is 15.2. The van der Waals surface area contributed by atoms with E-state index in [4.69, 9.17) is 9.47 Å². The number of hydrogen-bond acceptors (Lipinski definition) is 3. The van der Waals surface area contributed by atoms with Crippen LogP contribution in [0.1, 0.15) is 28.7 Å². The first-order valence-electron chi connectivity index (χ1n) is 11.0. The Morgan fingerprint density at radius 3 is 1.87 bits per heavy atom. The van der Waals surface area contributed by atoms with Gasteiger partial charge in [0.25, 0.3) is 0 Å². The Hall–Kier alpha value is -3.01. The maximum atomic E-state index is 13.6. The number of hydrogen-bond donors (Lipinski definition) is 0. The Labute approximate surface area is 181 Å². The highest BCUT2D eigenvalue weighted by Gasteiger charge is 2.77. The lowest BCUT2D eigenvalue weighted by Gasteiger charge is -2.54. The molecule has 3 heteroatoms. The normalized spacial score (nSPS) is 36.8. The minimum absolute atomic E-state index is 0.122. The van der Waals surface area contributed by atoms with Crippen molar-refractivity contribution in [1.29, 1.82) is 0 Å². The van der Waals surface area contributed by atoms with Gasteiger partial charge in [0.2, 0.25) is 0 Å². The van der Waals surface area contributed by atoms with Crippen molar-refractivity contribution in [3.05, 3.63) is 119 Å². The lowest BCUT2D eigenvalue weighted by Crippen LogP contribution is -2.61. The number of ether oxygens (including phenoxy) is 2. The van der Waals surface area contributed by atoms with Crippen molar-refractivity contribution >= 4 is 5.78 Å². The lowest BCUT2D eigenvalue weighted by molar-refractivity contribution is -0.184. The molecule has 2 saturated heterocycles. The fourth-order valence-corrected chi connectivity index (χ4v) is 6.72. The fourth-order valence-electron chi connectivity index (χ4n) is 6.72. The molecule has 0 unspecified atom stereocenters. The summed E-state index contributed by atoms with van der Waals surface area (Å²) in [6, 6.07) is 29.1. The van der Waals surface area contributed by atoms with E-state index in [9.17, 15) is 4.79 Å². The molecule has 3 aliphatic heterocycles. The SMILES string of the molecule is O=C1C=C[C@]2(CCO2)[C@@H]2[C@H]1[C@@]1(c3ccccc3)O[C@]2(c2ccccc2)c2ccccc21. The third-order valence-electron chi connectivity index (χ3n) is 7.89. The summed E-state index contributed by atoms with van der Waals surface area (Å²) in [7, 11) is 0. The second-order valence-corrected chi connectivity index (χ2v) is 9.10. The second-order valence-electron chi connectivity index (χ2n) is 9.10. The summed E-state index contributed by atoms with van der Waals surface area (Å²) in [6.07, 6.45) is 4.66. The van der Waals surface area contributed by atoms with Crippen molar-refractivity contribution in [2.75, 3.05) is 6.61 Å². The summed E-state index contributed by atoms with van der Waals surface area (Å²) in [5, 5.41) is 0. The van der Waals surface area contributed by atoms with Gasteiger partial charge in [-0.25, -0.2) is 0 Å². The van der Waals surface area contributed by atoms with Gasteiger partial charge in [-0.05, 0) is 34.4 Å². The quantitative estimate of drug-likeness (QED) is 0.616. The van der Waals surface area contributed by atoms with Gasteiger partial charge in [-0.1, -0.05) is 84.9 Å². The van der Waals surface area contributed by atoms with E-state index in [1.807, 2.05) is 30.3 Å². The number of benzene rings is 3. The number of carbonyl (C=O) groups is 1. The standard InChI is InChI=1S/C28H22O3/c29-23-15-16-26(17-18-30-26)25-24(23)27(19-9-3-1-4-10-19)21-13-7-8-14-22(21)28(25,31-27)20-11-5-2-6-12-20/h1-16,24-25H,17-18H2/t24-,25-,26-,27-,28+/m0/s1. The Morgan fingerprint density at radius 2 is 1.29 bits per heavy atom. The average molecular weight is 406 g/mol. The van der Waals surface area contributed by atoms with Crippen molar-refractivity contribution in [2.45, 2.75) is 23.2 Å². The summed E-state index contributed by atoms with van der Waals surface area (Å²) in [6.45, 7) is 0.715. The van der Waals surface area contributed by atoms with E-state index in [-0.39, 0.29) is 17.6 Å². The van der Waals surface area contributed by atoms with Crippen LogP contribution in [-0.2, 0) is 25.5 Å². The summed E-state index contributed by atoms with van der Waals surface area (Å²) in [5.74, 6) is -0.332. The van der Waals surface area contributed by atoms with Crippen molar-refractivity contribution in [3.63, 3.8) is 0 Å². The predicted molar refractivity (Wildman–Crippen MR) is 116 cm³/mol. The van der Waals surface area contributed by atoms with Crippen molar-refractivity contribution < 1.29 is 14.3 Å². The Morgan fingerprint density at radius 1 is 0.742 bits per heavy atom. The molecule has 0 N–H and O–H groups in total. The van der Waals surface area contributed by atoms with Gasteiger partial charge in [-0.3, -0.25) is 4.79 Å². The van der Waals surface area contributed by atoms with Crippen molar-refractivity contribution in [1.82, 2.24) is 0 Å². The van der Waals surface area contributed by atoms with Crippen LogP contribution in [0.5, 0.6) is 0 Å². The molecule has 1 spiro atoms. The lowest BCUT2D eigenvalue weighted by atomic mass is 9.52. The van der Waals surface area contributed by atoms with Crippen LogP contribution in [0, 0.1) is 11.8 Å². The summed E-state index contributed by atoms with van der Waals surface area (Å²) in [4.78, 5) is 13.6. The maximum Gasteiger partial charge on any atom is 0.162 e. The number of carbonyl (C=O) groups excluding carboxylic acids is 1. The fraction of sp³-hybridized carbons (Fsp3) is 0.250. The molecule has 7 rings (SSSR count). The number of ketones is 1. The van der Waals surface area contributed by atoms with Crippen LogP contribution < -0.4 is 0 Å². The molecule has 3 aromatic rings. The predicted octanol–water partition coefficient (Wildman–Crippen LogP) is 4.75. The smallest absolute Gasteiger partial charge is 0.162 e. The molecule has 0 amide bonds. The monoisotopic (exact) mass is 406 g/mol. The molecule has 5 atom stereocenters. The topological polar surface area (TPSA) is 35.5 Å². The zero-order valence-electron chi connectivity index (χ0n) is 17.0. The van der Waals surface area contributed by atoms with Crippen LogP contribution in [0.2, 0.25) is 0 Å². The molecular weight excluding hydrogens is 384 g/mol. The zero-order valence-corrected chi connectivity index (χ0v) is 17.0. The first-order valence-corrected chi connectivity index (χ1v) is 11.0. The number of fused-ring (bicyclic) bond motifs is 9. The van der Waals surface area contributed by atoms with Crippen LogP contribution in [0.3, 0.4) is 0 Å². The van der Waals surface area contributed by atoms with E-state index in [0.29, 0.717) is 6.61 Å². The third-order valence-corrected chi connectivity index (χ3v) is 7.89. The first kappa shape index (κ1) is 17.6. The van der Waals surface area contributed by atoms with E-state index < -0.39 is 16.8 Å². The summed E-state index contributed by atoms with van der Waals surface area (Å²) < 4.78 is 13.6. The van der Waals surface area contributed by atoms with E-state index in [0.717, 1.165) is 28.7 Å². The second kappa shape index (κ2) is 5.82. The van der Waals surface area contributed by atoms with E-state index in [1.54, 1.807) is 6.08 Å². The largest absolute Gasteiger partial charge is 0.370 e. The number of allylic oxidation sites excluding steroid dienone is 1. The molecule has 0 aromatic heterocycles. The summed E-state index contributed by atoms with van der Waals surface area (Å²) in [5.41, 5.74) is 2.34. The van der Waals surface area contributed by atoms with Gasteiger partial charge >= 0.3 is 0 Å². The molecular formula is C28H22O3. The van der Waals surface area contributed by atoms with E-state index >= 15 is 0 Å². The Balaban J connectivity index is 1.62. The summed E-state index contributed by atoms with van der Waals surface area (Å²) >= 11 is 0. The van der Waals surface area contributed by atoms with Crippen LogP contribution in [-0.4, -0.2) is 18.0 Å². The molecule has 3 nitrogen and oxygen atoms in total. The van der Waals surface area contributed by atoms with Gasteiger partial charge in [0, 0.05) is 12.3 Å². The van der Waals surface area contributed by atoms with E-state index in [2.05, 4.69) is 60.7 Å². The minimum atomic E-state index is -0.827. The molecule has 2 fully saturated rings. The van der Waals surface area contributed by atoms with Crippen molar-refractivity contribution in [2.24, 2.45) is 11.8 Å². The van der Waals surface area contributed by atoms with E-state index in [1.165, 1.54) is 0 Å².